The molecule has 2 aromatic rings. The molecule has 2 N–H and O–H groups in total. The quantitative estimate of drug-likeness (QED) is 0.508. The Morgan fingerprint density at radius 3 is 3.13 bits per heavy atom. The van der Waals surface area contributed by atoms with Crippen molar-refractivity contribution in [2.45, 2.75) is 0 Å². The third-order valence-electron chi connectivity index (χ3n) is 1.57. The molecule has 0 aliphatic rings. The van der Waals surface area contributed by atoms with Crippen LogP contribution < -0.4 is 5.43 Å². The second-order valence-electron chi connectivity index (χ2n) is 2.66. The van der Waals surface area contributed by atoms with Gasteiger partial charge in [0.15, 0.2) is 0 Å². The van der Waals surface area contributed by atoms with Crippen molar-refractivity contribution in [2.24, 2.45) is 5.10 Å². The van der Waals surface area contributed by atoms with Gasteiger partial charge in [-0.1, -0.05) is 17.2 Å². The van der Waals surface area contributed by atoms with Crippen molar-refractivity contribution in [3.63, 3.8) is 0 Å². The first-order chi connectivity index (χ1) is 7.34. The normalized spacial score (nSPS) is 10.7. The largest absolute Gasteiger partial charge is 0.283 e. The van der Waals surface area contributed by atoms with Crippen LogP contribution in [0, 0.1) is 3.57 Å². The maximum Gasteiger partial charge on any atom is 0.283 e. The number of hydrazone groups is 1. The number of hydrogen-bond acceptors (Lipinski definition) is 5. The monoisotopic (exact) mass is 314 g/mol. The Morgan fingerprint density at radius 1 is 1.47 bits per heavy atom. The molecule has 0 amide bonds. The second-order valence-corrected chi connectivity index (χ2v) is 3.91. The van der Waals surface area contributed by atoms with Crippen molar-refractivity contribution in [1.29, 1.82) is 0 Å². The molecular weight excluding hydrogens is 307 g/mol. The molecule has 0 saturated heterocycles. The van der Waals surface area contributed by atoms with Crippen LogP contribution in [0.5, 0.6) is 0 Å². The molecule has 1 heterocycles. The zero-order chi connectivity index (χ0) is 10.5. The van der Waals surface area contributed by atoms with Crippen LogP contribution in [0.2, 0.25) is 0 Å². The highest BCUT2D eigenvalue weighted by Gasteiger charge is 1.92. The Hall–Kier alpha value is -1.51. The molecule has 0 aliphatic heterocycles. The molecule has 6 nitrogen and oxygen atoms in total. The lowest BCUT2D eigenvalue weighted by molar-refractivity contribution is 0.881. The molecule has 7 heteroatoms. The molecule has 1 aromatic heterocycles. The van der Waals surface area contributed by atoms with E-state index < -0.39 is 0 Å². The summed E-state index contributed by atoms with van der Waals surface area (Å²) in [5.74, 6) is 0.344. The molecular formula is C8H7IN6. The number of benzene rings is 1. The van der Waals surface area contributed by atoms with Gasteiger partial charge in [-0.05, 0) is 45.5 Å². The van der Waals surface area contributed by atoms with Gasteiger partial charge in [-0.2, -0.15) is 10.3 Å². The van der Waals surface area contributed by atoms with Gasteiger partial charge < -0.3 is 0 Å². The fraction of sp³-hybridized carbons (Fsp3) is 0. The molecule has 0 saturated carbocycles. The lowest BCUT2D eigenvalue weighted by Crippen LogP contribution is -1.92. The number of halogens is 1. The number of hydrogen-bond donors (Lipinski definition) is 2. The standard InChI is InChI=1S/C8H7IN6/c9-7-3-1-2-6(4-7)5-10-11-8-12-14-15-13-8/h1-5H,(H2,11,12,13,14,15)/b10-5-. The highest BCUT2D eigenvalue weighted by molar-refractivity contribution is 14.1. The van der Waals surface area contributed by atoms with Gasteiger partial charge in [0.2, 0.25) is 0 Å². The molecule has 0 atom stereocenters. The van der Waals surface area contributed by atoms with Gasteiger partial charge >= 0.3 is 0 Å². The first-order valence-electron chi connectivity index (χ1n) is 4.13. The highest BCUT2D eigenvalue weighted by atomic mass is 127. The highest BCUT2D eigenvalue weighted by Crippen LogP contribution is 2.05. The van der Waals surface area contributed by atoms with Crippen molar-refractivity contribution in [1.82, 2.24) is 20.6 Å². The van der Waals surface area contributed by atoms with Crippen LogP contribution in [-0.4, -0.2) is 26.8 Å². The van der Waals surface area contributed by atoms with E-state index in [4.69, 9.17) is 0 Å². The van der Waals surface area contributed by atoms with Crippen LogP contribution in [0.1, 0.15) is 5.56 Å². The van der Waals surface area contributed by atoms with Crippen LogP contribution >= 0.6 is 22.6 Å². The molecule has 0 aliphatic carbocycles. The van der Waals surface area contributed by atoms with Gasteiger partial charge in [0.05, 0.1) is 6.21 Å². The number of H-pyrrole nitrogens is 1. The van der Waals surface area contributed by atoms with Gasteiger partial charge in [0, 0.05) is 3.57 Å². The molecule has 0 spiro atoms. The maximum atomic E-state index is 3.96. The first-order valence-corrected chi connectivity index (χ1v) is 5.20. The van der Waals surface area contributed by atoms with Gasteiger partial charge in [0.1, 0.15) is 0 Å². The van der Waals surface area contributed by atoms with E-state index in [2.05, 4.69) is 53.7 Å². The summed E-state index contributed by atoms with van der Waals surface area (Å²) in [4.78, 5) is 0. The van der Waals surface area contributed by atoms with Crippen molar-refractivity contribution < 1.29 is 0 Å². The maximum absolute atomic E-state index is 3.96. The number of aromatic amines is 1. The van der Waals surface area contributed by atoms with E-state index in [0.717, 1.165) is 9.13 Å². The summed E-state index contributed by atoms with van der Waals surface area (Å²) in [5, 5.41) is 17.1. The van der Waals surface area contributed by atoms with Crippen molar-refractivity contribution in [3.05, 3.63) is 33.4 Å². The van der Waals surface area contributed by atoms with Gasteiger partial charge in [0.25, 0.3) is 5.95 Å². The third kappa shape index (κ3) is 2.98. The minimum Gasteiger partial charge on any atom is -0.243 e. The van der Waals surface area contributed by atoms with Crippen molar-refractivity contribution >= 4 is 34.8 Å². The molecule has 1 aromatic carbocycles. The smallest absolute Gasteiger partial charge is 0.243 e. The lowest BCUT2D eigenvalue weighted by Gasteiger charge is -1.93. The Kier molecular flexibility index (Phi) is 3.22. The minimum atomic E-state index is 0.344. The summed E-state index contributed by atoms with van der Waals surface area (Å²) in [6.45, 7) is 0. The number of tetrazole rings is 1. The van der Waals surface area contributed by atoms with Crippen LogP contribution in [0.3, 0.4) is 0 Å². The lowest BCUT2D eigenvalue weighted by atomic mass is 10.2. The fourth-order valence-electron chi connectivity index (χ4n) is 0.961. The molecule has 0 fully saturated rings. The van der Waals surface area contributed by atoms with E-state index in [0.29, 0.717) is 5.95 Å². The minimum absolute atomic E-state index is 0.344. The second kappa shape index (κ2) is 4.82. The van der Waals surface area contributed by atoms with Gasteiger partial charge in [-0.3, -0.25) is 0 Å². The van der Waals surface area contributed by atoms with Crippen molar-refractivity contribution in [2.75, 3.05) is 5.43 Å². The van der Waals surface area contributed by atoms with Crippen LogP contribution in [0.25, 0.3) is 0 Å². The summed E-state index contributed by atoms with van der Waals surface area (Å²) < 4.78 is 1.16. The predicted octanol–water partition coefficient (Wildman–Crippen LogP) is 1.25. The zero-order valence-electron chi connectivity index (χ0n) is 7.55. The SMILES string of the molecule is Ic1cccc(/C=N\Nc2nn[nH]n2)c1. The third-order valence-corrected chi connectivity index (χ3v) is 2.24. The van der Waals surface area contributed by atoms with E-state index in [1.807, 2.05) is 24.3 Å². The van der Waals surface area contributed by atoms with Crippen LogP contribution in [0.4, 0.5) is 5.95 Å². The summed E-state index contributed by atoms with van der Waals surface area (Å²) in [7, 11) is 0. The molecule has 15 heavy (non-hydrogen) atoms. The summed E-state index contributed by atoms with van der Waals surface area (Å²) in [5.41, 5.74) is 3.66. The molecule has 0 bridgehead atoms. The summed E-state index contributed by atoms with van der Waals surface area (Å²) in [6, 6.07) is 7.97. The molecule has 2 rings (SSSR count). The molecule has 76 valence electrons. The van der Waals surface area contributed by atoms with E-state index in [9.17, 15) is 0 Å². The summed E-state index contributed by atoms with van der Waals surface area (Å²) in [6.07, 6.45) is 1.69. The number of anilines is 1. The average molecular weight is 314 g/mol. The zero-order valence-corrected chi connectivity index (χ0v) is 9.71. The Labute approximate surface area is 99.3 Å². The number of rotatable bonds is 3. The van der Waals surface area contributed by atoms with Crippen LogP contribution in [0.15, 0.2) is 29.4 Å². The van der Waals surface area contributed by atoms with Crippen molar-refractivity contribution in [3.8, 4) is 0 Å². The number of nitrogens with zero attached hydrogens (tertiary/aromatic N) is 4. The number of nitrogens with one attached hydrogen (secondary N) is 2. The van der Waals surface area contributed by atoms with Gasteiger partial charge in [-0.15, -0.1) is 5.10 Å². The first kappa shape index (κ1) is 10.0. The molecule has 0 unspecified atom stereocenters. The fourth-order valence-corrected chi connectivity index (χ4v) is 1.53. The Morgan fingerprint density at radius 2 is 2.40 bits per heavy atom. The van der Waals surface area contributed by atoms with E-state index in [1.165, 1.54) is 0 Å². The Bertz CT molecular complexity index is 452. The Balaban J connectivity index is 2.00. The predicted molar refractivity (Wildman–Crippen MR) is 64.6 cm³/mol. The van der Waals surface area contributed by atoms with Gasteiger partial charge in [-0.25, -0.2) is 5.43 Å². The van der Waals surface area contributed by atoms with E-state index in [1.54, 1.807) is 6.21 Å². The topological polar surface area (TPSA) is 78.9 Å². The number of aromatic nitrogens is 4. The van der Waals surface area contributed by atoms with E-state index >= 15 is 0 Å². The van der Waals surface area contributed by atoms with Crippen LogP contribution in [-0.2, 0) is 0 Å². The van der Waals surface area contributed by atoms with E-state index in [-0.39, 0.29) is 0 Å². The summed E-state index contributed by atoms with van der Waals surface area (Å²) >= 11 is 2.25. The average Bonchev–Trinajstić information content (AvgIpc) is 2.71. The molecule has 0 radical (unpaired) electrons.